The van der Waals surface area contributed by atoms with Crippen LogP contribution in [0, 0.1) is 0 Å². The number of nitrogens with one attached hydrogen (secondary N) is 2. The highest BCUT2D eigenvalue weighted by Gasteiger charge is 2.29. The fraction of sp³-hybridized carbons (Fsp3) is 0.333. The zero-order valence-electron chi connectivity index (χ0n) is 15.6. The molecule has 154 valence electrons. The third-order valence-corrected chi connectivity index (χ3v) is 4.20. The van der Waals surface area contributed by atoms with Crippen LogP contribution in [0.5, 0.6) is 5.75 Å². The Morgan fingerprint density at radius 1 is 1.10 bits per heavy atom. The Labute approximate surface area is 167 Å². The van der Waals surface area contributed by atoms with E-state index in [0.29, 0.717) is 12.8 Å². The van der Waals surface area contributed by atoms with Gasteiger partial charge in [-0.1, -0.05) is 12.1 Å². The number of carbonyl (C=O) groups is 2. The molecule has 6 N–H and O–H groups in total. The predicted octanol–water partition coefficient (Wildman–Crippen LogP) is -1.21. The van der Waals surface area contributed by atoms with Crippen LogP contribution in [0.4, 0.5) is 0 Å². The molecule has 2 amide bonds. The van der Waals surface area contributed by atoms with Crippen LogP contribution in [0.3, 0.4) is 0 Å². The number of aliphatic hydroxyl groups is 1. The molecule has 0 aliphatic rings. The fourth-order valence-corrected chi connectivity index (χ4v) is 2.61. The predicted molar refractivity (Wildman–Crippen MR) is 104 cm³/mol. The van der Waals surface area contributed by atoms with Gasteiger partial charge >= 0.3 is 7.12 Å². The van der Waals surface area contributed by atoms with Gasteiger partial charge in [-0.2, -0.15) is 0 Å². The minimum atomic E-state index is -1.81. The van der Waals surface area contributed by atoms with Crippen molar-refractivity contribution in [1.29, 1.82) is 0 Å². The monoisotopic (exact) mass is 402 g/mol. The van der Waals surface area contributed by atoms with E-state index in [1.54, 1.807) is 24.3 Å². The number of aryl methyl sites for hydroxylation is 1. The highest BCUT2D eigenvalue weighted by Crippen LogP contribution is 2.13. The summed E-state index contributed by atoms with van der Waals surface area (Å²) in [5, 5.41) is 42.6. The molecule has 1 aromatic carbocycles. The molecule has 1 heterocycles. The minimum absolute atomic E-state index is 0.0219. The molecule has 0 aliphatic carbocycles. The maximum Gasteiger partial charge on any atom is 0.475 e. The second-order valence-corrected chi connectivity index (χ2v) is 6.39. The summed E-state index contributed by atoms with van der Waals surface area (Å²) in [7, 11) is -1.81. The molecule has 2 atom stereocenters. The third-order valence-electron chi connectivity index (χ3n) is 4.20. The van der Waals surface area contributed by atoms with E-state index in [2.05, 4.69) is 20.6 Å². The van der Waals surface area contributed by atoms with E-state index in [1.807, 2.05) is 0 Å². The van der Waals surface area contributed by atoms with E-state index in [4.69, 9.17) is 0 Å². The SMILES string of the molecule is O=C(N[C@H](CO)C(=O)N[C@@H](CCCc1ccc(O)cc1)B(O)O)c1cnccn1. The first-order valence-electron chi connectivity index (χ1n) is 9.03. The molecule has 29 heavy (non-hydrogen) atoms. The number of amides is 2. The maximum atomic E-state index is 12.4. The zero-order valence-corrected chi connectivity index (χ0v) is 15.6. The van der Waals surface area contributed by atoms with Crippen LogP contribution in [0.25, 0.3) is 0 Å². The molecular weight excluding hydrogens is 379 g/mol. The number of benzene rings is 1. The fourth-order valence-electron chi connectivity index (χ4n) is 2.61. The zero-order chi connectivity index (χ0) is 21.2. The topological polar surface area (TPSA) is 165 Å². The number of aromatic hydroxyl groups is 1. The molecule has 11 heteroatoms. The standard InChI is InChI=1S/C18H23BN4O6/c24-11-15(22-17(26)14-10-20-8-9-21-14)18(27)23-16(19(28)29)3-1-2-12-4-6-13(25)7-5-12/h4-10,15-16,24-25,28-29H,1-3,11H2,(H,22,26)(H,23,27)/t15-,16+/m1/s1. The summed E-state index contributed by atoms with van der Waals surface area (Å²) in [5.74, 6) is -2.28. The van der Waals surface area contributed by atoms with Crippen molar-refractivity contribution in [2.45, 2.75) is 31.2 Å². The minimum Gasteiger partial charge on any atom is -0.508 e. The number of hydrogen-bond donors (Lipinski definition) is 6. The van der Waals surface area contributed by atoms with Crippen molar-refractivity contribution in [2.24, 2.45) is 0 Å². The van der Waals surface area contributed by atoms with Crippen molar-refractivity contribution >= 4 is 18.9 Å². The van der Waals surface area contributed by atoms with Crippen LogP contribution < -0.4 is 10.6 Å². The van der Waals surface area contributed by atoms with E-state index in [9.17, 15) is 29.9 Å². The molecule has 0 spiro atoms. The lowest BCUT2D eigenvalue weighted by Crippen LogP contribution is -2.55. The summed E-state index contributed by atoms with van der Waals surface area (Å²) < 4.78 is 0. The first kappa shape index (κ1) is 22.3. The molecular formula is C18H23BN4O6. The summed E-state index contributed by atoms with van der Waals surface area (Å²) in [6.45, 7) is -0.681. The van der Waals surface area contributed by atoms with Gasteiger partial charge in [-0.25, -0.2) is 4.98 Å². The van der Waals surface area contributed by atoms with E-state index >= 15 is 0 Å². The largest absolute Gasteiger partial charge is 0.508 e. The highest BCUT2D eigenvalue weighted by atomic mass is 16.4. The maximum absolute atomic E-state index is 12.4. The number of aliphatic hydroxyl groups excluding tert-OH is 1. The van der Waals surface area contributed by atoms with E-state index in [0.717, 1.165) is 5.56 Å². The van der Waals surface area contributed by atoms with Gasteiger partial charge in [0.15, 0.2) is 0 Å². The number of rotatable bonds is 10. The van der Waals surface area contributed by atoms with Gasteiger partial charge in [0.1, 0.15) is 17.5 Å². The van der Waals surface area contributed by atoms with Crippen LogP contribution in [-0.4, -0.2) is 67.8 Å². The van der Waals surface area contributed by atoms with E-state index < -0.39 is 37.5 Å². The number of phenols is 1. The van der Waals surface area contributed by atoms with Crippen molar-refractivity contribution in [3.63, 3.8) is 0 Å². The van der Waals surface area contributed by atoms with Crippen LogP contribution in [-0.2, 0) is 11.2 Å². The number of carbonyl (C=O) groups excluding carboxylic acids is 2. The smallest absolute Gasteiger partial charge is 0.475 e. The number of hydrogen-bond acceptors (Lipinski definition) is 8. The molecule has 2 rings (SSSR count). The number of phenolic OH excluding ortho intramolecular Hbond substituents is 1. The Hall–Kier alpha value is -3.02. The number of nitrogens with zero attached hydrogens (tertiary/aromatic N) is 2. The van der Waals surface area contributed by atoms with Crippen LogP contribution in [0.1, 0.15) is 28.9 Å². The van der Waals surface area contributed by atoms with Gasteiger partial charge in [-0.3, -0.25) is 14.6 Å². The molecule has 1 aromatic heterocycles. The van der Waals surface area contributed by atoms with Crippen molar-refractivity contribution in [2.75, 3.05) is 6.61 Å². The quantitative estimate of drug-likeness (QED) is 0.270. The van der Waals surface area contributed by atoms with Gasteiger partial charge in [0.05, 0.1) is 18.7 Å². The Kier molecular flexibility index (Phi) is 8.53. The molecule has 0 aliphatic heterocycles. The molecule has 2 aromatic rings. The van der Waals surface area contributed by atoms with Gasteiger partial charge in [-0.05, 0) is 37.0 Å². The summed E-state index contributed by atoms with van der Waals surface area (Å²) in [5.41, 5.74) is 0.927. The van der Waals surface area contributed by atoms with Crippen LogP contribution in [0.2, 0.25) is 0 Å². The molecule has 0 radical (unpaired) electrons. The summed E-state index contributed by atoms with van der Waals surface area (Å²) in [4.78, 5) is 32.0. The van der Waals surface area contributed by atoms with Crippen molar-refractivity contribution in [3.8, 4) is 5.75 Å². The Balaban J connectivity index is 1.89. The first-order chi connectivity index (χ1) is 13.9. The summed E-state index contributed by atoms with van der Waals surface area (Å²) in [6, 6.07) is 5.33. The lowest BCUT2D eigenvalue weighted by molar-refractivity contribution is -0.124. The lowest BCUT2D eigenvalue weighted by atomic mass is 9.76. The lowest BCUT2D eigenvalue weighted by Gasteiger charge is -2.22. The van der Waals surface area contributed by atoms with Crippen LogP contribution in [0.15, 0.2) is 42.9 Å². The van der Waals surface area contributed by atoms with Gasteiger partial charge in [0.25, 0.3) is 5.91 Å². The summed E-state index contributed by atoms with van der Waals surface area (Å²) in [6.07, 6.45) is 5.30. The third kappa shape index (κ3) is 7.14. The normalized spacial score (nSPS) is 12.7. The molecule has 0 saturated carbocycles. The second kappa shape index (κ2) is 11.1. The highest BCUT2D eigenvalue weighted by molar-refractivity contribution is 6.43. The van der Waals surface area contributed by atoms with Gasteiger partial charge in [0, 0.05) is 12.4 Å². The van der Waals surface area contributed by atoms with Gasteiger partial charge < -0.3 is 30.9 Å². The summed E-state index contributed by atoms with van der Waals surface area (Å²) >= 11 is 0. The van der Waals surface area contributed by atoms with E-state index in [-0.39, 0.29) is 17.9 Å². The van der Waals surface area contributed by atoms with Crippen LogP contribution >= 0.6 is 0 Å². The molecule has 0 bridgehead atoms. The van der Waals surface area contributed by atoms with Gasteiger partial charge in [-0.15, -0.1) is 0 Å². The van der Waals surface area contributed by atoms with Crippen molar-refractivity contribution in [1.82, 2.24) is 20.6 Å². The Morgan fingerprint density at radius 2 is 1.83 bits per heavy atom. The second-order valence-electron chi connectivity index (χ2n) is 6.39. The van der Waals surface area contributed by atoms with Crippen molar-refractivity contribution in [3.05, 3.63) is 54.1 Å². The molecule has 0 fully saturated rings. The van der Waals surface area contributed by atoms with Crippen molar-refractivity contribution < 1.29 is 29.9 Å². The van der Waals surface area contributed by atoms with Gasteiger partial charge in [0.2, 0.25) is 5.91 Å². The first-order valence-corrected chi connectivity index (χ1v) is 9.03. The number of aromatic nitrogens is 2. The van der Waals surface area contributed by atoms with E-state index in [1.165, 1.54) is 18.6 Å². The Morgan fingerprint density at radius 3 is 2.41 bits per heavy atom. The molecule has 0 saturated heterocycles. The Bertz CT molecular complexity index is 791. The average Bonchev–Trinajstić information content (AvgIpc) is 2.72. The molecule has 0 unspecified atom stereocenters. The average molecular weight is 402 g/mol. The molecule has 10 nitrogen and oxygen atoms in total.